The summed E-state index contributed by atoms with van der Waals surface area (Å²) in [5.41, 5.74) is 1.41. The Morgan fingerprint density at radius 2 is 1.47 bits per heavy atom. The van der Waals surface area contributed by atoms with E-state index >= 15 is 0 Å². The zero-order chi connectivity index (χ0) is 21.3. The molecule has 0 radical (unpaired) electrons. The van der Waals surface area contributed by atoms with Crippen molar-refractivity contribution in [1.82, 2.24) is 0 Å². The lowest BCUT2D eigenvalue weighted by atomic mass is 10.0. The third-order valence-corrected chi connectivity index (χ3v) is 5.01. The van der Waals surface area contributed by atoms with Gasteiger partial charge >= 0.3 is 0 Å². The van der Waals surface area contributed by atoms with Crippen molar-refractivity contribution in [2.24, 2.45) is 0 Å². The number of hydrogen-bond acceptors (Lipinski definition) is 4. The fraction of sp³-hybridized carbons (Fsp3) is 0.0833. The molecule has 0 saturated heterocycles. The van der Waals surface area contributed by atoms with Crippen LogP contribution >= 0.6 is 0 Å². The molecule has 3 aromatic rings. The van der Waals surface area contributed by atoms with Crippen LogP contribution < -0.4 is 14.5 Å². The number of ether oxygens (including phenoxy) is 1. The topological polar surface area (TPSA) is 49.9 Å². The van der Waals surface area contributed by atoms with Gasteiger partial charge in [-0.25, -0.2) is 9.29 Å². The largest absolute Gasteiger partial charge is 0.496 e. The van der Waals surface area contributed by atoms with Crippen LogP contribution in [0.4, 0.5) is 15.8 Å². The molecule has 0 N–H and O–H groups in total. The Labute approximate surface area is 173 Å². The maximum absolute atomic E-state index is 14.5. The summed E-state index contributed by atoms with van der Waals surface area (Å²) >= 11 is 0. The molecule has 0 aliphatic carbocycles. The van der Waals surface area contributed by atoms with Crippen LogP contribution in [-0.4, -0.2) is 26.0 Å². The molecule has 0 atom stereocenters. The minimum atomic E-state index is -0.651. The molecule has 0 fully saturated rings. The van der Waals surface area contributed by atoms with Gasteiger partial charge in [0.05, 0.1) is 18.4 Å². The van der Waals surface area contributed by atoms with Gasteiger partial charge in [-0.3, -0.25) is 9.59 Å². The Balaban J connectivity index is 1.94. The summed E-state index contributed by atoms with van der Waals surface area (Å²) in [6, 6.07) is 21.9. The van der Waals surface area contributed by atoms with Crippen LogP contribution in [-0.2, 0) is 9.59 Å². The van der Waals surface area contributed by atoms with E-state index in [1.165, 1.54) is 25.3 Å². The smallest absolute Gasteiger partial charge is 0.282 e. The number of methoxy groups -OCH3 is 1. The first kappa shape index (κ1) is 19.4. The molecule has 0 spiro atoms. The van der Waals surface area contributed by atoms with Crippen molar-refractivity contribution in [2.45, 2.75) is 0 Å². The van der Waals surface area contributed by atoms with Crippen LogP contribution in [0.25, 0.3) is 5.57 Å². The molecule has 6 heteroatoms. The van der Waals surface area contributed by atoms with Crippen molar-refractivity contribution in [3.63, 3.8) is 0 Å². The third-order valence-electron chi connectivity index (χ3n) is 5.01. The average molecular weight is 402 g/mol. The lowest BCUT2D eigenvalue weighted by Crippen LogP contribution is -2.34. The Bertz CT molecular complexity index is 1160. The number of likely N-dealkylation sites (N-methyl/N-ethyl adjacent to an activating group) is 1. The van der Waals surface area contributed by atoms with Gasteiger partial charge in [-0.15, -0.1) is 0 Å². The quantitative estimate of drug-likeness (QED) is 0.599. The van der Waals surface area contributed by atoms with Crippen LogP contribution in [0.5, 0.6) is 5.75 Å². The van der Waals surface area contributed by atoms with E-state index in [2.05, 4.69) is 0 Å². The van der Waals surface area contributed by atoms with E-state index in [9.17, 15) is 14.0 Å². The van der Waals surface area contributed by atoms with Crippen molar-refractivity contribution in [2.75, 3.05) is 24.0 Å². The number of nitrogens with zero attached hydrogens (tertiary/aromatic N) is 2. The van der Waals surface area contributed by atoms with Crippen molar-refractivity contribution in [1.29, 1.82) is 0 Å². The summed E-state index contributed by atoms with van der Waals surface area (Å²) in [5.74, 6) is -1.41. The van der Waals surface area contributed by atoms with E-state index in [-0.39, 0.29) is 17.0 Å². The van der Waals surface area contributed by atoms with Gasteiger partial charge in [0, 0.05) is 18.3 Å². The number of halogens is 1. The Morgan fingerprint density at radius 1 is 0.833 bits per heavy atom. The molecule has 0 unspecified atom stereocenters. The molecular formula is C24H19FN2O3. The third kappa shape index (κ3) is 3.12. The molecule has 1 aliphatic rings. The lowest BCUT2D eigenvalue weighted by Gasteiger charge is -2.22. The first-order valence-corrected chi connectivity index (χ1v) is 9.34. The number of rotatable bonds is 5. The molecule has 4 rings (SSSR count). The molecule has 2 amide bonds. The van der Waals surface area contributed by atoms with Gasteiger partial charge in [0.25, 0.3) is 11.8 Å². The summed E-state index contributed by atoms with van der Waals surface area (Å²) in [4.78, 5) is 29.5. The van der Waals surface area contributed by atoms with Crippen LogP contribution in [0.1, 0.15) is 5.56 Å². The van der Waals surface area contributed by atoms with Crippen LogP contribution in [0.15, 0.2) is 84.6 Å². The molecule has 0 saturated carbocycles. The normalized spacial score (nSPS) is 13.8. The highest BCUT2D eigenvalue weighted by Gasteiger charge is 2.43. The number of carbonyl (C=O) groups is 2. The average Bonchev–Trinajstić information content (AvgIpc) is 3.04. The SMILES string of the molecule is COc1ccccc1C1=C(N(C)c2ccccc2)C(=O)N(c2ccccc2F)C1=O. The van der Waals surface area contributed by atoms with Crippen molar-refractivity contribution >= 4 is 28.8 Å². The standard InChI is InChI=1S/C24H19FN2O3/c1-26(16-10-4-3-5-11-16)22-21(17-12-6-9-15-20(17)30-2)23(28)27(24(22)29)19-14-8-7-13-18(19)25/h3-15H,1-2H3. The second-order valence-electron chi connectivity index (χ2n) is 6.72. The Kier molecular flexibility index (Phi) is 5.06. The molecule has 1 aliphatic heterocycles. The summed E-state index contributed by atoms with van der Waals surface area (Å²) in [6.45, 7) is 0. The van der Waals surface area contributed by atoms with Crippen molar-refractivity contribution in [3.8, 4) is 5.75 Å². The molecular weight excluding hydrogens is 383 g/mol. The molecule has 0 bridgehead atoms. The lowest BCUT2D eigenvalue weighted by molar-refractivity contribution is -0.120. The Morgan fingerprint density at radius 3 is 2.17 bits per heavy atom. The van der Waals surface area contributed by atoms with E-state index in [0.717, 1.165) is 10.6 Å². The van der Waals surface area contributed by atoms with Gasteiger partial charge in [0.2, 0.25) is 0 Å². The van der Waals surface area contributed by atoms with Gasteiger partial charge in [-0.05, 0) is 30.3 Å². The number of carbonyl (C=O) groups excluding carboxylic acids is 2. The number of imide groups is 1. The molecule has 30 heavy (non-hydrogen) atoms. The summed E-state index contributed by atoms with van der Waals surface area (Å²) < 4.78 is 19.9. The predicted octanol–water partition coefficient (Wildman–Crippen LogP) is 4.26. The maximum atomic E-state index is 14.5. The predicted molar refractivity (Wildman–Crippen MR) is 114 cm³/mol. The van der Waals surface area contributed by atoms with Crippen LogP contribution in [0, 0.1) is 5.82 Å². The number of anilines is 2. The molecule has 5 nitrogen and oxygen atoms in total. The molecule has 150 valence electrons. The monoisotopic (exact) mass is 402 g/mol. The van der Waals surface area contributed by atoms with Crippen LogP contribution in [0.3, 0.4) is 0 Å². The minimum absolute atomic E-state index is 0.0867. The highest BCUT2D eigenvalue weighted by molar-refractivity contribution is 6.46. The second kappa shape index (κ2) is 7.83. The number of para-hydroxylation sites is 3. The van der Waals surface area contributed by atoms with E-state index in [1.54, 1.807) is 42.3 Å². The summed E-state index contributed by atoms with van der Waals surface area (Å²) in [5, 5.41) is 0. The summed E-state index contributed by atoms with van der Waals surface area (Å²) in [7, 11) is 3.20. The molecule has 0 aromatic heterocycles. The van der Waals surface area contributed by atoms with Crippen molar-refractivity contribution in [3.05, 3.63) is 95.9 Å². The van der Waals surface area contributed by atoms with Gasteiger partial charge in [-0.1, -0.05) is 48.5 Å². The maximum Gasteiger partial charge on any atom is 0.282 e. The Hall–Kier alpha value is -3.93. The first-order chi connectivity index (χ1) is 14.5. The second-order valence-corrected chi connectivity index (χ2v) is 6.72. The minimum Gasteiger partial charge on any atom is -0.496 e. The fourth-order valence-electron chi connectivity index (χ4n) is 3.56. The highest BCUT2D eigenvalue weighted by atomic mass is 19.1. The summed E-state index contributed by atoms with van der Waals surface area (Å²) in [6.07, 6.45) is 0. The first-order valence-electron chi connectivity index (χ1n) is 9.34. The molecule has 1 heterocycles. The highest BCUT2D eigenvalue weighted by Crippen LogP contribution is 2.39. The zero-order valence-corrected chi connectivity index (χ0v) is 16.5. The fourth-order valence-corrected chi connectivity index (χ4v) is 3.56. The van der Waals surface area contributed by atoms with E-state index in [0.29, 0.717) is 11.3 Å². The van der Waals surface area contributed by atoms with Gasteiger partial charge < -0.3 is 9.64 Å². The number of benzene rings is 3. The van der Waals surface area contributed by atoms with E-state index < -0.39 is 17.6 Å². The van der Waals surface area contributed by atoms with Gasteiger partial charge in [0.1, 0.15) is 17.3 Å². The molecule has 3 aromatic carbocycles. The zero-order valence-electron chi connectivity index (χ0n) is 16.5. The van der Waals surface area contributed by atoms with Crippen molar-refractivity contribution < 1.29 is 18.7 Å². The van der Waals surface area contributed by atoms with E-state index in [1.807, 2.05) is 30.3 Å². The van der Waals surface area contributed by atoms with E-state index in [4.69, 9.17) is 4.74 Å². The van der Waals surface area contributed by atoms with Gasteiger partial charge in [-0.2, -0.15) is 0 Å². The van der Waals surface area contributed by atoms with Gasteiger partial charge in [0.15, 0.2) is 0 Å². The number of amides is 2. The van der Waals surface area contributed by atoms with Crippen LogP contribution in [0.2, 0.25) is 0 Å². The number of hydrogen-bond donors (Lipinski definition) is 0.